The molecule has 0 bridgehead atoms. The van der Waals surface area contributed by atoms with Gasteiger partial charge in [-0.25, -0.2) is 0 Å². The molecular formula is C15H22BrNO2. The SMILES string of the molecule is CCOc1cc(CNC)cc(Br)c1OCCC1CC1. The molecule has 0 saturated heterocycles. The molecule has 0 spiro atoms. The molecule has 1 aromatic carbocycles. The molecule has 0 radical (unpaired) electrons. The van der Waals surface area contributed by atoms with E-state index in [1.165, 1.54) is 18.4 Å². The van der Waals surface area contributed by atoms with Crippen LogP contribution in [0.1, 0.15) is 31.7 Å². The van der Waals surface area contributed by atoms with Gasteiger partial charge in [0.25, 0.3) is 0 Å². The monoisotopic (exact) mass is 327 g/mol. The van der Waals surface area contributed by atoms with Crippen LogP contribution < -0.4 is 14.8 Å². The molecule has 0 aromatic heterocycles. The minimum Gasteiger partial charge on any atom is -0.490 e. The minimum atomic E-state index is 0.647. The molecule has 19 heavy (non-hydrogen) atoms. The van der Waals surface area contributed by atoms with E-state index in [-0.39, 0.29) is 0 Å². The normalized spacial score (nSPS) is 14.5. The van der Waals surface area contributed by atoms with E-state index in [1.54, 1.807) is 0 Å². The van der Waals surface area contributed by atoms with E-state index in [1.807, 2.05) is 14.0 Å². The van der Waals surface area contributed by atoms with Crippen molar-refractivity contribution in [1.82, 2.24) is 5.32 Å². The molecule has 1 saturated carbocycles. The van der Waals surface area contributed by atoms with E-state index in [2.05, 4.69) is 33.4 Å². The summed E-state index contributed by atoms with van der Waals surface area (Å²) >= 11 is 3.59. The number of rotatable bonds is 8. The molecule has 1 fully saturated rings. The summed E-state index contributed by atoms with van der Waals surface area (Å²) in [6.07, 6.45) is 3.88. The predicted octanol–water partition coefficient (Wildman–Crippen LogP) is 3.75. The van der Waals surface area contributed by atoms with Crippen molar-refractivity contribution in [3.05, 3.63) is 22.2 Å². The fourth-order valence-corrected chi connectivity index (χ4v) is 2.67. The molecule has 0 heterocycles. The highest BCUT2D eigenvalue weighted by Crippen LogP contribution is 2.38. The quantitative estimate of drug-likeness (QED) is 0.788. The third-order valence-electron chi connectivity index (χ3n) is 3.22. The number of hydrogen-bond acceptors (Lipinski definition) is 3. The summed E-state index contributed by atoms with van der Waals surface area (Å²) in [7, 11) is 1.94. The maximum absolute atomic E-state index is 5.91. The maximum atomic E-state index is 5.91. The molecule has 1 aromatic rings. The van der Waals surface area contributed by atoms with Gasteiger partial charge in [-0.3, -0.25) is 0 Å². The second kappa shape index (κ2) is 7.15. The van der Waals surface area contributed by atoms with Gasteiger partial charge in [-0.05, 0) is 59.9 Å². The van der Waals surface area contributed by atoms with Crippen LogP contribution in [0.15, 0.2) is 16.6 Å². The van der Waals surface area contributed by atoms with E-state index in [0.717, 1.165) is 41.5 Å². The van der Waals surface area contributed by atoms with E-state index in [9.17, 15) is 0 Å². The van der Waals surface area contributed by atoms with Gasteiger partial charge in [-0.1, -0.05) is 12.8 Å². The van der Waals surface area contributed by atoms with Crippen molar-refractivity contribution in [1.29, 1.82) is 0 Å². The topological polar surface area (TPSA) is 30.5 Å². The smallest absolute Gasteiger partial charge is 0.175 e. The standard InChI is InChI=1S/C15H22BrNO2/c1-3-18-14-9-12(10-17-2)8-13(16)15(14)19-7-6-11-4-5-11/h8-9,11,17H,3-7,10H2,1-2H3. The molecule has 0 amide bonds. The van der Waals surface area contributed by atoms with Crippen LogP contribution in [0.25, 0.3) is 0 Å². The Morgan fingerprint density at radius 2 is 2.11 bits per heavy atom. The Kier molecular flexibility index (Phi) is 5.52. The van der Waals surface area contributed by atoms with Gasteiger partial charge in [-0.15, -0.1) is 0 Å². The molecule has 4 heteroatoms. The van der Waals surface area contributed by atoms with Crippen molar-refractivity contribution in [2.75, 3.05) is 20.3 Å². The van der Waals surface area contributed by atoms with Crippen molar-refractivity contribution in [2.24, 2.45) is 5.92 Å². The fraction of sp³-hybridized carbons (Fsp3) is 0.600. The van der Waals surface area contributed by atoms with Gasteiger partial charge in [0.2, 0.25) is 0 Å². The summed E-state index contributed by atoms with van der Waals surface area (Å²) in [6, 6.07) is 4.14. The molecule has 1 aliphatic rings. The highest BCUT2D eigenvalue weighted by molar-refractivity contribution is 9.10. The summed E-state index contributed by atoms with van der Waals surface area (Å²) in [5.74, 6) is 2.55. The molecule has 0 atom stereocenters. The van der Waals surface area contributed by atoms with E-state index >= 15 is 0 Å². The molecule has 2 rings (SSSR count). The lowest BCUT2D eigenvalue weighted by atomic mass is 10.2. The van der Waals surface area contributed by atoms with Crippen LogP contribution in [-0.2, 0) is 6.54 Å². The van der Waals surface area contributed by atoms with Crippen LogP contribution in [0.2, 0.25) is 0 Å². The van der Waals surface area contributed by atoms with Crippen molar-refractivity contribution in [2.45, 2.75) is 32.7 Å². The molecule has 1 aliphatic carbocycles. The zero-order valence-electron chi connectivity index (χ0n) is 11.7. The number of benzene rings is 1. The highest BCUT2D eigenvalue weighted by atomic mass is 79.9. The van der Waals surface area contributed by atoms with Crippen molar-refractivity contribution < 1.29 is 9.47 Å². The molecular weight excluding hydrogens is 306 g/mol. The van der Waals surface area contributed by atoms with Crippen molar-refractivity contribution >= 4 is 15.9 Å². The van der Waals surface area contributed by atoms with Crippen LogP contribution in [0, 0.1) is 5.92 Å². The third-order valence-corrected chi connectivity index (χ3v) is 3.81. The lowest BCUT2D eigenvalue weighted by molar-refractivity contribution is 0.267. The predicted molar refractivity (Wildman–Crippen MR) is 80.9 cm³/mol. The summed E-state index contributed by atoms with van der Waals surface area (Å²) in [6.45, 7) is 4.23. The average Bonchev–Trinajstić information content (AvgIpc) is 3.17. The first kappa shape index (κ1) is 14.7. The second-order valence-electron chi connectivity index (χ2n) is 4.95. The molecule has 0 aliphatic heterocycles. The van der Waals surface area contributed by atoms with Crippen LogP contribution in [0.4, 0.5) is 0 Å². The van der Waals surface area contributed by atoms with Gasteiger partial charge in [0, 0.05) is 6.54 Å². The first-order valence-electron chi connectivity index (χ1n) is 6.97. The number of hydrogen-bond donors (Lipinski definition) is 1. The van der Waals surface area contributed by atoms with Gasteiger partial charge in [0.05, 0.1) is 17.7 Å². The average molecular weight is 328 g/mol. The van der Waals surface area contributed by atoms with Gasteiger partial charge >= 0.3 is 0 Å². The first-order valence-corrected chi connectivity index (χ1v) is 7.76. The molecule has 3 nitrogen and oxygen atoms in total. The van der Waals surface area contributed by atoms with Crippen LogP contribution >= 0.6 is 15.9 Å². The zero-order chi connectivity index (χ0) is 13.7. The van der Waals surface area contributed by atoms with Gasteiger partial charge in [0.1, 0.15) is 0 Å². The number of halogens is 1. The summed E-state index contributed by atoms with van der Waals surface area (Å²) < 4.78 is 12.6. The van der Waals surface area contributed by atoms with E-state index in [4.69, 9.17) is 9.47 Å². The zero-order valence-corrected chi connectivity index (χ0v) is 13.3. The Labute approximate surface area is 123 Å². The Hall–Kier alpha value is -0.740. The fourth-order valence-electron chi connectivity index (χ4n) is 2.06. The summed E-state index contributed by atoms with van der Waals surface area (Å²) in [5.41, 5.74) is 1.19. The van der Waals surface area contributed by atoms with Gasteiger partial charge in [-0.2, -0.15) is 0 Å². The molecule has 106 valence electrons. The Bertz CT molecular complexity index is 419. The van der Waals surface area contributed by atoms with Gasteiger partial charge < -0.3 is 14.8 Å². The third kappa shape index (κ3) is 4.39. The minimum absolute atomic E-state index is 0.647. The summed E-state index contributed by atoms with van der Waals surface area (Å²) in [4.78, 5) is 0. The highest BCUT2D eigenvalue weighted by Gasteiger charge is 2.21. The van der Waals surface area contributed by atoms with E-state index in [0.29, 0.717) is 6.61 Å². The van der Waals surface area contributed by atoms with Crippen molar-refractivity contribution in [3.8, 4) is 11.5 Å². The Balaban J connectivity index is 2.08. The second-order valence-corrected chi connectivity index (χ2v) is 5.80. The number of nitrogens with one attached hydrogen (secondary N) is 1. The number of ether oxygens (including phenoxy) is 2. The van der Waals surface area contributed by atoms with Crippen LogP contribution in [0.3, 0.4) is 0 Å². The summed E-state index contributed by atoms with van der Waals surface area (Å²) in [5, 5.41) is 3.15. The maximum Gasteiger partial charge on any atom is 0.175 e. The van der Waals surface area contributed by atoms with Crippen LogP contribution in [0.5, 0.6) is 11.5 Å². The van der Waals surface area contributed by atoms with Crippen LogP contribution in [-0.4, -0.2) is 20.3 Å². The Morgan fingerprint density at radius 3 is 2.74 bits per heavy atom. The van der Waals surface area contributed by atoms with Gasteiger partial charge in [0.15, 0.2) is 11.5 Å². The largest absolute Gasteiger partial charge is 0.490 e. The Morgan fingerprint density at radius 1 is 1.32 bits per heavy atom. The van der Waals surface area contributed by atoms with Crippen molar-refractivity contribution in [3.63, 3.8) is 0 Å². The lowest BCUT2D eigenvalue weighted by Gasteiger charge is -2.15. The van der Waals surface area contributed by atoms with E-state index < -0.39 is 0 Å². The lowest BCUT2D eigenvalue weighted by Crippen LogP contribution is -2.07. The first-order chi connectivity index (χ1) is 9.24. The molecule has 1 N–H and O–H groups in total. The molecule has 0 unspecified atom stereocenters.